The first-order valence-corrected chi connectivity index (χ1v) is 7.14. The Labute approximate surface area is 119 Å². The average Bonchev–Trinajstić information content (AvgIpc) is 2.47. The lowest BCUT2D eigenvalue weighted by atomic mass is 10.1. The summed E-state index contributed by atoms with van der Waals surface area (Å²) in [5.41, 5.74) is 8.19. The second-order valence-corrected chi connectivity index (χ2v) is 5.19. The molecule has 1 atom stereocenters. The summed E-state index contributed by atoms with van der Waals surface area (Å²) < 4.78 is 11.7. The zero-order chi connectivity index (χ0) is 13.9. The van der Waals surface area contributed by atoms with Gasteiger partial charge in [0, 0.05) is 30.3 Å². The molecule has 0 aliphatic carbocycles. The number of anilines is 1. The fraction of sp³-hybridized carbons (Fsp3) is 0.375. The molecule has 2 heterocycles. The Morgan fingerprint density at radius 1 is 1.40 bits per heavy atom. The van der Waals surface area contributed by atoms with E-state index in [4.69, 9.17) is 15.2 Å². The number of hydrogen-bond donors (Lipinski definition) is 2. The van der Waals surface area contributed by atoms with E-state index in [0.29, 0.717) is 6.42 Å². The Balaban J connectivity index is 1.81. The lowest BCUT2D eigenvalue weighted by Gasteiger charge is -2.24. The van der Waals surface area contributed by atoms with Crippen LogP contribution in [0.1, 0.15) is 31.7 Å². The van der Waals surface area contributed by atoms with Gasteiger partial charge in [-0.05, 0) is 18.6 Å². The first kappa shape index (κ1) is 13.1. The molecule has 0 spiro atoms. The highest BCUT2D eigenvalue weighted by atomic mass is 16.6. The number of hydrogen-bond acceptors (Lipinski definition) is 4. The van der Waals surface area contributed by atoms with Gasteiger partial charge >= 0.3 is 0 Å². The second kappa shape index (κ2) is 5.59. The molecule has 1 aromatic carbocycles. The highest BCUT2D eigenvalue weighted by Gasteiger charge is 2.21. The highest BCUT2D eigenvalue weighted by Crippen LogP contribution is 2.42. The molecular formula is C16H20N2O2. The van der Waals surface area contributed by atoms with Crippen molar-refractivity contribution in [3.63, 3.8) is 0 Å². The van der Waals surface area contributed by atoms with Crippen LogP contribution in [0.5, 0.6) is 11.5 Å². The molecule has 0 bridgehead atoms. The fourth-order valence-electron chi connectivity index (χ4n) is 2.55. The Morgan fingerprint density at radius 3 is 3.15 bits per heavy atom. The van der Waals surface area contributed by atoms with Gasteiger partial charge in [-0.1, -0.05) is 25.5 Å². The third-order valence-corrected chi connectivity index (χ3v) is 3.53. The number of ether oxygens (including phenoxy) is 2. The monoisotopic (exact) mass is 272 g/mol. The standard InChI is InChI=1S/C16H20N2O2/c1-2-4-11(17)9-12-10-19-15-7-6-14-13(16(15)20-12)5-3-8-18-14/h3,5-7,10-11,18H,2,4,8-9,17H2,1H3. The Kier molecular flexibility index (Phi) is 3.65. The van der Waals surface area contributed by atoms with Gasteiger partial charge in [-0.25, -0.2) is 0 Å². The van der Waals surface area contributed by atoms with Crippen LogP contribution in [0.3, 0.4) is 0 Å². The molecule has 3 N–H and O–H groups in total. The second-order valence-electron chi connectivity index (χ2n) is 5.19. The van der Waals surface area contributed by atoms with Crippen LogP contribution >= 0.6 is 0 Å². The summed E-state index contributed by atoms with van der Waals surface area (Å²) in [4.78, 5) is 0. The Morgan fingerprint density at radius 2 is 2.30 bits per heavy atom. The van der Waals surface area contributed by atoms with Gasteiger partial charge in [-0.3, -0.25) is 0 Å². The van der Waals surface area contributed by atoms with Gasteiger partial charge in [0.05, 0.1) is 0 Å². The number of benzene rings is 1. The molecule has 0 radical (unpaired) electrons. The number of rotatable bonds is 4. The molecular weight excluding hydrogens is 252 g/mol. The van der Waals surface area contributed by atoms with Crippen LogP contribution in [0.25, 0.3) is 6.08 Å². The SMILES string of the molecule is CCCC(N)CC1=COc2ccc3c(c2O1)C=CCN3. The topological polar surface area (TPSA) is 56.5 Å². The van der Waals surface area contributed by atoms with Crippen molar-refractivity contribution in [3.8, 4) is 11.5 Å². The van der Waals surface area contributed by atoms with Crippen molar-refractivity contribution in [3.05, 3.63) is 35.8 Å². The average molecular weight is 272 g/mol. The summed E-state index contributed by atoms with van der Waals surface area (Å²) in [7, 11) is 0. The largest absolute Gasteiger partial charge is 0.458 e. The van der Waals surface area contributed by atoms with Crippen LogP contribution in [0, 0.1) is 0 Å². The molecule has 0 fully saturated rings. The van der Waals surface area contributed by atoms with Gasteiger partial charge in [-0.15, -0.1) is 0 Å². The van der Waals surface area contributed by atoms with E-state index < -0.39 is 0 Å². The summed E-state index contributed by atoms with van der Waals surface area (Å²) in [6, 6.07) is 4.06. The summed E-state index contributed by atoms with van der Waals surface area (Å²) >= 11 is 0. The van der Waals surface area contributed by atoms with Crippen LogP contribution in [-0.4, -0.2) is 12.6 Å². The van der Waals surface area contributed by atoms with E-state index in [1.54, 1.807) is 6.26 Å². The lowest BCUT2D eigenvalue weighted by Crippen LogP contribution is -2.22. The summed E-state index contributed by atoms with van der Waals surface area (Å²) in [6.07, 6.45) is 8.59. The van der Waals surface area contributed by atoms with Crippen molar-refractivity contribution < 1.29 is 9.47 Å². The number of nitrogens with two attached hydrogens (primary N) is 1. The van der Waals surface area contributed by atoms with Gasteiger partial charge in [0.15, 0.2) is 11.5 Å². The maximum Gasteiger partial charge on any atom is 0.178 e. The van der Waals surface area contributed by atoms with Crippen LogP contribution < -0.4 is 20.5 Å². The Bertz CT molecular complexity index is 564. The van der Waals surface area contributed by atoms with E-state index >= 15 is 0 Å². The van der Waals surface area contributed by atoms with Crippen LogP contribution in [0.2, 0.25) is 0 Å². The third-order valence-electron chi connectivity index (χ3n) is 3.53. The van der Waals surface area contributed by atoms with Crippen LogP contribution in [-0.2, 0) is 0 Å². The van der Waals surface area contributed by atoms with Crippen molar-refractivity contribution in [2.75, 3.05) is 11.9 Å². The molecule has 2 aliphatic heterocycles. The molecule has 0 amide bonds. The Hall–Kier alpha value is -1.94. The molecule has 3 rings (SSSR count). The summed E-state index contributed by atoms with van der Waals surface area (Å²) in [5.74, 6) is 2.34. The minimum absolute atomic E-state index is 0.115. The van der Waals surface area contributed by atoms with Crippen molar-refractivity contribution >= 4 is 11.8 Å². The smallest absolute Gasteiger partial charge is 0.178 e. The van der Waals surface area contributed by atoms with E-state index in [1.165, 1.54) is 0 Å². The quantitative estimate of drug-likeness (QED) is 0.883. The van der Waals surface area contributed by atoms with E-state index in [9.17, 15) is 0 Å². The molecule has 0 saturated carbocycles. The minimum atomic E-state index is 0.115. The highest BCUT2D eigenvalue weighted by molar-refractivity contribution is 5.78. The first-order chi connectivity index (χ1) is 9.78. The molecule has 0 aromatic heterocycles. The van der Waals surface area contributed by atoms with Gasteiger partial charge in [0.2, 0.25) is 0 Å². The molecule has 4 heteroatoms. The van der Waals surface area contributed by atoms with Gasteiger partial charge < -0.3 is 20.5 Å². The third kappa shape index (κ3) is 2.51. The maximum absolute atomic E-state index is 6.07. The zero-order valence-electron chi connectivity index (χ0n) is 11.7. The van der Waals surface area contributed by atoms with Crippen molar-refractivity contribution in [1.29, 1.82) is 0 Å². The molecule has 1 aromatic rings. The molecule has 0 saturated heterocycles. The van der Waals surface area contributed by atoms with Crippen LogP contribution in [0.15, 0.2) is 30.2 Å². The van der Waals surface area contributed by atoms with E-state index in [-0.39, 0.29) is 6.04 Å². The van der Waals surface area contributed by atoms with Crippen LogP contribution in [0.4, 0.5) is 5.69 Å². The van der Waals surface area contributed by atoms with E-state index in [0.717, 1.165) is 47.9 Å². The molecule has 2 aliphatic rings. The zero-order valence-corrected chi connectivity index (χ0v) is 11.7. The molecule has 20 heavy (non-hydrogen) atoms. The van der Waals surface area contributed by atoms with E-state index in [2.05, 4.69) is 24.4 Å². The van der Waals surface area contributed by atoms with Crippen molar-refractivity contribution in [1.82, 2.24) is 0 Å². The minimum Gasteiger partial charge on any atom is -0.458 e. The normalized spacial score (nSPS) is 17.0. The summed E-state index contributed by atoms with van der Waals surface area (Å²) in [6.45, 7) is 2.98. The van der Waals surface area contributed by atoms with Gasteiger partial charge in [0.25, 0.3) is 0 Å². The molecule has 1 unspecified atom stereocenters. The summed E-state index contributed by atoms with van der Waals surface area (Å²) in [5, 5.41) is 3.32. The fourth-order valence-corrected chi connectivity index (χ4v) is 2.55. The lowest BCUT2D eigenvalue weighted by molar-refractivity contribution is 0.303. The number of nitrogens with one attached hydrogen (secondary N) is 1. The number of fused-ring (bicyclic) bond motifs is 3. The first-order valence-electron chi connectivity index (χ1n) is 7.14. The van der Waals surface area contributed by atoms with E-state index in [1.807, 2.05) is 12.1 Å². The van der Waals surface area contributed by atoms with Crippen molar-refractivity contribution in [2.45, 2.75) is 32.2 Å². The molecule has 106 valence electrons. The molecule has 4 nitrogen and oxygen atoms in total. The van der Waals surface area contributed by atoms with Crippen molar-refractivity contribution in [2.24, 2.45) is 5.73 Å². The maximum atomic E-state index is 6.07. The predicted molar refractivity (Wildman–Crippen MR) is 80.8 cm³/mol. The van der Waals surface area contributed by atoms with Gasteiger partial charge in [-0.2, -0.15) is 0 Å². The van der Waals surface area contributed by atoms with Gasteiger partial charge in [0.1, 0.15) is 12.0 Å². The predicted octanol–water partition coefficient (Wildman–Crippen LogP) is 3.26.